The second-order valence-corrected chi connectivity index (χ2v) is 7.11. The van der Waals surface area contributed by atoms with Crippen LogP contribution in [0.1, 0.15) is 41.2 Å². The largest absolute Gasteiger partial charge is 0.347 e. The number of piperidine rings is 1. The Hall–Kier alpha value is -2.28. The molecule has 132 valence electrons. The van der Waals surface area contributed by atoms with Crippen LogP contribution < -0.4 is 5.32 Å². The molecule has 1 fully saturated rings. The maximum absolute atomic E-state index is 13.9. The Labute approximate surface area is 149 Å². The van der Waals surface area contributed by atoms with Crippen molar-refractivity contribution in [3.8, 4) is 0 Å². The summed E-state index contributed by atoms with van der Waals surface area (Å²) in [5.74, 6) is -0.881. The Morgan fingerprint density at radius 1 is 1.40 bits per heavy atom. The van der Waals surface area contributed by atoms with Crippen molar-refractivity contribution in [2.24, 2.45) is 5.92 Å². The molecule has 1 saturated heterocycles. The van der Waals surface area contributed by atoms with Crippen LogP contribution in [0.25, 0.3) is 0 Å². The second-order valence-electron chi connectivity index (χ2n) is 6.18. The van der Waals surface area contributed by atoms with E-state index >= 15 is 0 Å². The minimum absolute atomic E-state index is 0.0551. The van der Waals surface area contributed by atoms with Gasteiger partial charge in [-0.3, -0.25) is 9.59 Å². The molecule has 2 atom stereocenters. The Bertz CT molecular complexity index is 751. The number of likely N-dealkylation sites (tertiary alicyclic amines) is 1. The number of nitrogens with one attached hydrogen (secondary N) is 1. The molecule has 1 aromatic heterocycles. The molecule has 0 bridgehead atoms. The highest BCUT2D eigenvalue weighted by atomic mass is 32.1. The molecule has 25 heavy (non-hydrogen) atoms. The molecule has 0 saturated carbocycles. The van der Waals surface area contributed by atoms with Gasteiger partial charge in [-0.2, -0.15) is 0 Å². The Morgan fingerprint density at radius 2 is 2.20 bits per heavy atom. The number of thiazole rings is 1. The first kappa shape index (κ1) is 17.5. The molecule has 2 heterocycles. The molecule has 0 aliphatic carbocycles. The molecule has 1 N–H and O–H groups in total. The van der Waals surface area contributed by atoms with Crippen molar-refractivity contribution in [1.29, 1.82) is 0 Å². The number of benzene rings is 1. The quantitative estimate of drug-likeness (QED) is 0.911. The first-order valence-corrected chi connectivity index (χ1v) is 9.14. The van der Waals surface area contributed by atoms with E-state index in [0.29, 0.717) is 13.1 Å². The maximum atomic E-state index is 13.9. The van der Waals surface area contributed by atoms with Crippen LogP contribution in [-0.2, 0) is 4.79 Å². The van der Waals surface area contributed by atoms with Crippen molar-refractivity contribution in [1.82, 2.24) is 15.2 Å². The number of nitrogens with zero attached hydrogens (tertiary/aromatic N) is 2. The summed E-state index contributed by atoms with van der Waals surface area (Å²) in [6, 6.07) is 5.81. The highest BCUT2D eigenvalue weighted by Crippen LogP contribution is 2.31. The molecule has 0 radical (unpaired) electrons. The third kappa shape index (κ3) is 4.04. The van der Waals surface area contributed by atoms with Gasteiger partial charge in [0.2, 0.25) is 5.91 Å². The normalized spacial score (nSPS) is 18.6. The van der Waals surface area contributed by atoms with E-state index in [2.05, 4.69) is 10.3 Å². The topological polar surface area (TPSA) is 62.3 Å². The average Bonchev–Trinajstić information content (AvgIpc) is 3.14. The van der Waals surface area contributed by atoms with Crippen molar-refractivity contribution < 1.29 is 14.0 Å². The molecule has 3 rings (SSSR count). The monoisotopic (exact) mass is 361 g/mol. The summed E-state index contributed by atoms with van der Waals surface area (Å²) in [6.45, 7) is 2.54. The minimum Gasteiger partial charge on any atom is -0.347 e. The number of halogens is 1. The Morgan fingerprint density at radius 3 is 2.88 bits per heavy atom. The second kappa shape index (κ2) is 7.74. The zero-order valence-electron chi connectivity index (χ0n) is 13.9. The van der Waals surface area contributed by atoms with Crippen molar-refractivity contribution in [3.05, 3.63) is 52.2 Å². The average molecular weight is 361 g/mol. The highest BCUT2D eigenvalue weighted by Gasteiger charge is 2.33. The number of amides is 2. The molecule has 5 nitrogen and oxygen atoms in total. The van der Waals surface area contributed by atoms with Gasteiger partial charge in [-0.15, -0.1) is 11.3 Å². The van der Waals surface area contributed by atoms with Gasteiger partial charge < -0.3 is 10.2 Å². The lowest BCUT2D eigenvalue weighted by Gasteiger charge is -2.36. The summed E-state index contributed by atoms with van der Waals surface area (Å²) in [7, 11) is 0. The van der Waals surface area contributed by atoms with E-state index in [4.69, 9.17) is 0 Å². The van der Waals surface area contributed by atoms with E-state index in [9.17, 15) is 14.0 Å². The van der Waals surface area contributed by atoms with Gasteiger partial charge in [-0.25, -0.2) is 9.37 Å². The van der Waals surface area contributed by atoms with Gasteiger partial charge in [0.25, 0.3) is 5.91 Å². The SMILES string of the molecule is CC(=O)N[C@H](c1nccs1)[C@H]1CCCN(C(=O)c2ccccc2F)C1. The predicted octanol–water partition coefficient (Wildman–Crippen LogP) is 3.01. The molecule has 0 unspecified atom stereocenters. The van der Waals surface area contributed by atoms with Crippen LogP contribution in [0.5, 0.6) is 0 Å². The first-order valence-electron chi connectivity index (χ1n) is 8.26. The van der Waals surface area contributed by atoms with Crippen LogP contribution in [0.4, 0.5) is 4.39 Å². The molecule has 1 aromatic carbocycles. The van der Waals surface area contributed by atoms with Gasteiger partial charge in [0.15, 0.2) is 0 Å². The molecule has 7 heteroatoms. The third-order valence-corrected chi connectivity index (χ3v) is 5.26. The fourth-order valence-corrected chi connectivity index (χ4v) is 4.04. The number of hydrogen-bond donors (Lipinski definition) is 1. The number of carbonyl (C=O) groups excluding carboxylic acids is 2. The summed E-state index contributed by atoms with van der Waals surface area (Å²) in [6.07, 6.45) is 3.40. The molecule has 1 aliphatic rings. The van der Waals surface area contributed by atoms with Crippen molar-refractivity contribution >= 4 is 23.2 Å². The first-order chi connectivity index (χ1) is 12.1. The Balaban J connectivity index is 1.78. The van der Waals surface area contributed by atoms with Crippen LogP contribution in [0.3, 0.4) is 0 Å². The molecule has 2 amide bonds. The van der Waals surface area contributed by atoms with E-state index in [1.54, 1.807) is 23.2 Å². The van der Waals surface area contributed by atoms with E-state index in [0.717, 1.165) is 17.8 Å². The predicted molar refractivity (Wildman–Crippen MR) is 93.7 cm³/mol. The number of carbonyl (C=O) groups is 2. The van der Waals surface area contributed by atoms with Crippen LogP contribution in [-0.4, -0.2) is 34.8 Å². The Kier molecular flexibility index (Phi) is 5.43. The van der Waals surface area contributed by atoms with Gasteiger partial charge in [-0.05, 0) is 25.0 Å². The van der Waals surface area contributed by atoms with Crippen LogP contribution >= 0.6 is 11.3 Å². The summed E-state index contributed by atoms with van der Waals surface area (Å²) >= 11 is 1.49. The van der Waals surface area contributed by atoms with Gasteiger partial charge in [-0.1, -0.05) is 12.1 Å². The van der Waals surface area contributed by atoms with E-state index in [1.165, 1.54) is 30.4 Å². The summed E-state index contributed by atoms with van der Waals surface area (Å²) in [4.78, 5) is 30.3. The van der Waals surface area contributed by atoms with Crippen molar-refractivity contribution in [2.75, 3.05) is 13.1 Å². The third-order valence-electron chi connectivity index (χ3n) is 4.40. The maximum Gasteiger partial charge on any atom is 0.256 e. The fraction of sp³-hybridized carbons (Fsp3) is 0.389. The van der Waals surface area contributed by atoms with Gasteiger partial charge >= 0.3 is 0 Å². The van der Waals surface area contributed by atoms with Crippen LogP contribution in [0, 0.1) is 11.7 Å². The van der Waals surface area contributed by atoms with Gasteiger partial charge in [0, 0.05) is 37.5 Å². The lowest BCUT2D eigenvalue weighted by atomic mass is 9.90. The summed E-state index contributed by atoms with van der Waals surface area (Å²) in [5.41, 5.74) is 0.0912. The molecular formula is C18H20FN3O2S. The zero-order chi connectivity index (χ0) is 17.8. The number of hydrogen-bond acceptors (Lipinski definition) is 4. The van der Waals surface area contributed by atoms with E-state index in [-0.39, 0.29) is 29.3 Å². The standard InChI is InChI=1S/C18H20FN3O2S/c1-12(23)21-16(17-20-8-10-25-17)13-5-4-9-22(11-13)18(24)14-6-2-3-7-15(14)19/h2-3,6-8,10,13,16H,4-5,9,11H2,1H3,(H,21,23)/t13-,16-/m0/s1. The number of rotatable bonds is 4. The highest BCUT2D eigenvalue weighted by molar-refractivity contribution is 7.09. The molecule has 0 spiro atoms. The minimum atomic E-state index is -0.507. The van der Waals surface area contributed by atoms with Crippen molar-refractivity contribution in [2.45, 2.75) is 25.8 Å². The molecule has 2 aromatic rings. The van der Waals surface area contributed by atoms with Crippen molar-refractivity contribution in [3.63, 3.8) is 0 Å². The van der Waals surface area contributed by atoms with E-state index in [1.807, 2.05) is 5.38 Å². The molecule has 1 aliphatic heterocycles. The molecular weight excluding hydrogens is 341 g/mol. The van der Waals surface area contributed by atoms with Gasteiger partial charge in [0.1, 0.15) is 10.8 Å². The lowest BCUT2D eigenvalue weighted by molar-refractivity contribution is -0.120. The van der Waals surface area contributed by atoms with Gasteiger partial charge in [0.05, 0.1) is 11.6 Å². The summed E-state index contributed by atoms with van der Waals surface area (Å²) < 4.78 is 13.9. The van der Waals surface area contributed by atoms with E-state index < -0.39 is 5.82 Å². The lowest BCUT2D eigenvalue weighted by Crippen LogP contribution is -2.45. The zero-order valence-corrected chi connectivity index (χ0v) is 14.8. The summed E-state index contributed by atoms with van der Waals surface area (Å²) in [5, 5.41) is 5.66. The number of aromatic nitrogens is 1. The van der Waals surface area contributed by atoms with Crippen LogP contribution in [0.2, 0.25) is 0 Å². The fourth-order valence-electron chi connectivity index (χ4n) is 3.26. The smallest absolute Gasteiger partial charge is 0.256 e. The van der Waals surface area contributed by atoms with Crippen LogP contribution in [0.15, 0.2) is 35.8 Å².